The average Bonchev–Trinajstić information content (AvgIpc) is 2.69. The lowest BCUT2D eigenvalue weighted by Crippen LogP contribution is -2.55. The van der Waals surface area contributed by atoms with Gasteiger partial charge in [-0.1, -0.05) is 69.6 Å². The van der Waals surface area contributed by atoms with E-state index < -0.39 is 26.1 Å². The van der Waals surface area contributed by atoms with Crippen molar-refractivity contribution in [1.82, 2.24) is 8.61 Å². The highest BCUT2D eigenvalue weighted by Gasteiger charge is 2.40. The fourth-order valence-corrected chi connectivity index (χ4v) is 8.20. The van der Waals surface area contributed by atoms with Crippen molar-refractivity contribution < 1.29 is 16.8 Å². The molecule has 6 nitrogen and oxygen atoms in total. The van der Waals surface area contributed by atoms with E-state index in [1.807, 2.05) is 0 Å². The summed E-state index contributed by atoms with van der Waals surface area (Å²) in [5.41, 5.74) is 0. The van der Waals surface area contributed by atoms with Crippen molar-refractivity contribution in [3.8, 4) is 0 Å². The van der Waals surface area contributed by atoms with Gasteiger partial charge in [0.1, 0.15) is 9.79 Å². The van der Waals surface area contributed by atoms with Crippen LogP contribution in [0.15, 0.2) is 34.1 Å². The maximum Gasteiger partial charge on any atom is 0.244 e. The van der Waals surface area contributed by atoms with Gasteiger partial charge in [0.25, 0.3) is 0 Å². The van der Waals surface area contributed by atoms with Crippen LogP contribution >= 0.6 is 69.6 Å². The Labute approximate surface area is 210 Å². The largest absolute Gasteiger partial charge is 0.244 e. The van der Waals surface area contributed by atoms with E-state index in [0.717, 1.165) is 4.31 Å². The molecule has 170 valence electrons. The highest BCUT2D eigenvalue weighted by atomic mass is 35.5. The third kappa shape index (κ3) is 4.67. The van der Waals surface area contributed by atoms with E-state index in [2.05, 4.69) is 0 Å². The zero-order valence-corrected chi connectivity index (χ0v) is 21.8. The van der Waals surface area contributed by atoms with Gasteiger partial charge in [-0.05, 0) is 31.2 Å². The predicted octanol–water partition coefficient (Wildman–Crippen LogP) is 5.69. The van der Waals surface area contributed by atoms with E-state index in [4.69, 9.17) is 69.6 Å². The molecule has 31 heavy (non-hydrogen) atoms. The van der Waals surface area contributed by atoms with Crippen LogP contribution in [0.3, 0.4) is 0 Å². The second-order valence-corrected chi connectivity index (χ2v) is 12.8. The van der Waals surface area contributed by atoms with Crippen molar-refractivity contribution in [2.75, 3.05) is 19.6 Å². The lowest BCUT2D eigenvalue weighted by molar-refractivity contribution is 0.212. The third-order valence-electron chi connectivity index (χ3n) is 4.73. The van der Waals surface area contributed by atoms with Crippen molar-refractivity contribution >= 4 is 89.7 Å². The van der Waals surface area contributed by atoms with E-state index in [1.165, 1.54) is 28.6 Å². The van der Waals surface area contributed by atoms with Crippen molar-refractivity contribution in [2.45, 2.75) is 22.8 Å². The number of halogens is 6. The minimum Gasteiger partial charge on any atom is -0.207 e. The maximum atomic E-state index is 13.2. The van der Waals surface area contributed by atoms with Gasteiger partial charge in [-0.25, -0.2) is 16.8 Å². The minimum absolute atomic E-state index is 0.0760. The fraction of sp³-hybridized carbons (Fsp3) is 0.294. The van der Waals surface area contributed by atoms with E-state index in [9.17, 15) is 16.8 Å². The molecule has 3 rings (SSSR count). The van der Waals surface area contributed by atoms with Gasteiger partial charge in [0, 0.05) is 25.7 Å². The second-order valence-electron chi connectivity index (χ2n) is 6.67. The van der Waals surface area contributed by atoms with Gasteiger partial charge in [-0.15, -0.1) is 0 Å². The molecule has 0 amide bonds. The molecule has 2 aromatic rings. The van der Waals surface area contributed by atoms with Crippen LogP contribution in [0.4, 0.5) is 0 Å². The van der Waals surface area contributed by atoms with E-state index in [1.54, 1.807) is 6.92 Å². The van der Waals surface area contributed by atoms with Gasteiger partial charge >= 0.3 is 0 Å². The molecule has 0 N–H and O–H groups in total. The molecule has 0 aromatic heterocycles. The standard InChI is InChI=1S/C17H14Cl6N2O4S2/c1-9-8-24(30(26,27)12-4-2-10(18)14(20)16(12)22)6-7-25(9)31(28,29)13-5-3-11(19)15(21)17(13)23/h2-5,9H,6-8H2,1H3/t9-/m0/s1. The number of hydrogen-bond donors (Lipinski definition) is 0. The van der Waals surface area contributed by atoms with Crippen molar-refractivity contribution in [1.29, 1.82) is 0 Å². The highest BCUT2D eigenvalue weighted by molar-refractivity contribution is 7.89. The predicted molar refractivity (Wildman–Crippen MR) is 125 cm³/mol. The Morgan fingerprint density at radius 1 is 0.710 bits per heavy atom. The molecule has 2 aromatic carbocycles. The monoisotopic (exact) mass is 584 g/mol. The van der Waals surface area contributed by atoms with Crippen molar-refractivity contribution in [2.24, 2.45) is 0 Å². The first-order valence-electron chi connectivity index (χ1n) is 8.59. The number of benzene rings is 2. The minimum atomic E-state index is -4.06. The Morgan fingerprint density at radius 2 is 1.16 bits per heavy atom. The molecule has 1 aliphatic rings. The topological polar surface area (TPSA) is 74.8 Å². The molecule has 0 bridgehead atoms. The molecule has 1 fully saturated rings. The van der Waals surface area contributed by atoms with Crippen LogP contribution < -0.4 is 0 Å². The van der Waals surface area contributed by atoms with Crippen LogP contribution in [-0.2, 0) is 20.0 Å². The summed E-state index contributed by atoms with van der Waals surface area (Å²) in [5.74, 6) is 0. The molecule has 1 heterocycles. The second kappa shape index (κ2) is 9.33. The van der Waals surface area contributed by atoms with E-state index in [0.29, 0.717) is 0 Å². The molecule has 14 heteroatoms. The third-order valence-corrected chi connectivity index (χ3v) is 11.5. The van der Waals surface area contributed by atoms with Gasteiger partial charge in [-0.2, -0.15) is 8.61 Å². The molecular weight excluding hydrogens is 573 g/mol. The Kier molecular flexibility index (Phi) is 7.71. The summed E-state index contributed by atoms with van der Waals surface area (Å²) in [6, 6.07) is 4.48. The molecule has 0 spiro atoms. The zero-order valence-electron chi connectivity index (χ0n) is 15.6. The molecule has 1 aliphatic heterocycles. The average molecular weight is 587 g/mol. The zero-order chi connectivity index (χ0) is 23.3. The van der Waals surface area contributed by atoms with Gasteiger partial charge in [-0.3, -0.25) is 0 Å². The van der Waals surface area contributed by atoms with E-state index in [-0.39, 0.29) is 59.6 Å². The summed E-state index contributed by atoms with van der Waals surface area (Å²) < 4.78 is 54.8. The number of sulfonamides is 2. The van der Waals surface area contributed by atoms with Crippen LogP contribution in [0.1, 0.15) is 6.92 Å². The Hall–Kier alpha value is -0.000000000000000278. The van der Waals surface area contributed by atoms with Crippen LogP contribution in [0.5, 0.6) is 0 Å². The first kappa shape index (κ1) is 25.6. The van der Waals surface area contributed by atoms with Gasteiger partial charge in [0.2, 0.25) is 20.0 Å². The summed E-state index contributed by atoms with van der Waals surface area (Å²) in [5, 5.41) is -0.305. The molecule has 0 radical (unpaired) electrons. The normalized spacial score (nSPS) is 19.0. The first-order chi connectivity index (χ1) is 14.3. The lowest BCUT2D eigenvalue weighted by Gasteiger charge is -2.38. The number of rotatable bonds is 4. The maximum absolute atomic E-state index is 13.2. The molecule has 0 aliphatic carbocycles. The van der Waals surface area contributed by atoms with Gasteiger partial charge in [0.05, 0.1) is 30.1 Å². The van der Waals surface area contributed by atoms with Crippen LogP contribution in [0.2, 0.25) is 30.1 Å². The summed E-state index contributed by atoms with van der Waals surface area (Å²) >= 11 is 35.9. The molecule has 1 saturated heterocycles. The van der Waals surface area contributed by atoms with Crippen LogP contribution in [0.25, 0.3) is 0 Å². The molecule has 0 unspecified atom stereocenters. The van der Waals surface area contributed by atoms with E-state index >= 15 is 0 Å². The quantitative estimate of drug-likeness (QED) is 0.431. The first-order valence-corrected chi connectivity index (χ1v) is 13.7. The summed E-state index contributed by atoms with van der Waals surface area (Å²) in [7, 11) is -8.11. The van der Waals surface area contributed by atoms with Gasteiger partial charge < -0.3 is 0 Å². The smallest absolute Gasteiger partial charge is 0.207 e. The molecule has 1 atom stereocenters. The number of piperazine rings is 1. The Bertz CT molecular complexity index is 1250. The van der Waals surface area contributed by atoms with Crippen molar-refractivity contribution in [3.63, 3.8) is 0 Å². The van der Waals surface area contributed by atoms with Crippen LogP contribution in [0, 0.1) is 0 Å². The summed E-state index contributed by atoms with van der Waals surface area (Å²) in [4.78, 5) is -0.418. The molecular formula is C17H14Cl6N2O4S2. The highest BCUT2D eigenvalue weighted by Crippen LogP contribution is 2.39. The Balaban J connectivity index is 1.91. The lowest BCUT2D eigenvalue weighted by atomic mass is 10.3. The Morgan fingerprint density at radius 3 is 1.61 bits per heavy atom. The van der Waals surface area contributed by atoms with Crippen LogP contribution in [-0.4, -0.2) is 51.1 Å². The van der Waals surface area contributed by atoms with Crippen molar-refractivity contribution in [3.05, 3.63) is 54.4 Å². The summed E-state index contributed by atoms with van der Waals surface area (Å²) in [6.45, 7) is 1.25. The number of hydrogen-bond acceptors (Lipinski definition) is 4. The molecule has 0 saturated carbocycles. The van der Waals surface area contributed by atoms with Gasteiger partial charge in [0.15, 0.2) is 0 Å². The number of nitrogens with zero attached hydrogens (tertiary/aromatic N) is 2. The fourth-order valence-electron chi connectivity index (χ4n) is 3.16. The summed E-state index contributed by atoms with van der Waals surface area (Å²) in [6.07, 6.45) is 0. The SMILES string of the molecule is C[C@H]1CN(S(=O)(=O)c2ccc(Cl)c(Cl)c2Cl)CCN1S(=O)(=O)c1ccc(Cl)c(Cl)c1Cl.